The van der Waals surface area contributed by atoms with Gasteiger partial charge in [-0.15, -0.1) is 0 Å². The number of aromatic nitrogens is 2. The van der Waals surface area contributed by atoms with Gasteiger partial charge < -0.3 is 9.26 Å². The number of carbonyl (C=O) groups is 1. The molecule has 82 valence electrons. The van der Waals surface area contributed by atoms with Crippen LogP contribution in [0.15, 0.2) is 4.52 Å². The first-order chi connectivity index (χ1) is 7.25. The zero-order valence-electron chi connectivity index (χ0n) is 8.73. The normalized spacial score (nSPS) is 21.5. The van der Waals surface area contributed by atoms with Gasteiger partial charge in [0.15, 0.2) is 0 Å². The highest BCUT2D eigenvalue weighted by Crippen LogP contribution is 2.17. The molecule has 0 saturated carbocycles. The third-order valence-electron chi connectivity index (χ3n) is 2.50. The molecule has 1 aromatic rings. The van der Waals surface area contributed by atoms with Gasteiger partial charge >= 0.3 is 0 Å². The largest absolute Gasteiger partial charge is 0.381 e. The van der Waals surface area contributed by atoms with E-state index in [4.69, 9.17) is 9.26 Å². The van der Waals surface area contributed by atoms with Crippen LogP contribution in [0.1, 0.15) is 36.3 Å². The van der Waals surface area contributed by atoms with Crippen molar-refractivity contribution in [3.8, 4) is 0 Å². The molecule has 1 saturated heterocycles. The van der Waals surface area contributed by atoms with Crippen LogP contribution in [0.2, 0.25) is 0 Å². The van der Waals surface area contributed by atoms with Crippen LogP contribution in [0.3, 0.4) is 0 Å². The molecule has 15 heavy (non-hydrogen) atoms. The third-order valence-corrected chi connectivity index (χ3v) is 2.50. The molecule has 1 fully saturated rings. The average Bonchev–Trinajstić information content (AvgIpc) is 2.68. The van der Waals surface area contributed by atoms with Crippen molar-refractivity contribution in [3.63, 3.8) is 0 Å². The summed E-state index contributed by atoms with van der Waals surface area (Å²) in [4.78, 5) is 15.0. The number of ketones is 1. The van der Waals surface area contributed by atoms with E-state index in [0.29, 0.717) is 18.2 Å². The van der Waals surface area contributed by atoms with Gasteiger partial charge in [0, 0.05) is 26.6 Å². The molecule has 0 spiro atoms. The highest BCUT2D eigenvalue weighted by Gasteiger charge is 2.18. The van der Waals surface area contributed by atoms with Crippen LogP contribution < -0.4 is 0 Å². The fourth-order valence-electron chi connectivity index (χ4n) is 1.70. The first kappa shape index (κ1) is 10.3. The second-order valence-corrected chi connectivity index (χ2v) is 3.86. The third kappa shape index (κ3) is 2.62. The van der Waals surface area contributed by atoms with Crippen molar-refractivity contribution < 1.29 is 14.1 Å². The van der Waals surface area contributed by atoms with E-state index in [-0.39, 0.29) is 11.6 Å². The minimum Gasteiger partial charge on any atom is -0.381 e. The molecule has 1 aliphatic rings. The van der Waals surface area contributed by atoms with Crippen molar-refractivity contribution in [3.05, 3.63) is 11.7 Å². The first-order valence-corrected chi connectivity index (χ1v) is 5.17. The van der Waals surface area contributed by atoms with Gasteiger partial charge in [0.2, 0.25) is 17.5 Å². The zero-order chi connectivity index (χ0) is 10.7. The van der Waals surface area contributed by atoms with Gasteiger partial charge in [-0.3, -0.25) is 4.79 Å². The monoisotopic (exact) mass is 210 g/mol. The molecule has 0 bridgehead atoms. The molecular weight excluding hydrogens is 196 g/mol. The Morgan fingerprint density at radius 3 is 3.07 bits per heavy atom. The van der Waals surface area contributed by atoms with Crippen LogP contribution in [0, 0.1) is 5.92 Å². The highest BCUT2D eigenvalue weighted by molar-refractivity contribution is 5.89. The van der Waals surface area contributed by atoms with Gasteiger partial charge in [-0.25, -0.2) is 0 Å². The number of nitrogens with zero attached hydrogens (tertiary/aromatic N) is 2. The molecule has 2 heterocycles. The number of hydrogen-bond donors (Lipinski definition) is 0. The molecular formula is C10H14N2O3. The lowest BCUT2D eigenvalue weighted by molar-refractivity contribution is 0.0520. The Labute approximate surface area is 87.8 Å². The fourth-order valence-corrected chi connectivity index (χ4v) is 1.70. The average molecular weight is 210 g/mol. The summed E-state index contributed by atoms with van der Waals surface area (Å²) in [5.41, 5.74) is 0. The molecule has 0 aromatic carbocycles. The number of ether oxygens (including phenoxy) is 1. The van der Waals surface area contributed by atoms with Crippen LogP contribution in [-0.2, 0) is 11.2 Å². The second kappa shape index (κ2) is 4.53. The smallest absolute Gasteiger partial charge is 0.238 e. The Kier molecular flexibility index (Phi) is 3.11. The molecule has 0 aliphatic carbocycles. The van der Waals surface area contributed by atoms with Gasteiger partial charge in [-0.2, -0.15) is 4.98 Å². The van der Waals surface area contributed by atoms with E-state index in [1.807, 2.05) is 0 Å². The van der Waals surface area contributed by atoms with Crippen LogP contribution in [-0.4, -0.2) is 29.1 Å². The fraction of sp³-hybridized carbons (Fsp3) is 0.700. The lowest BCUT2D eigenvalue weighted by atomic mass is 9.99. The number of Topliss-reactive ketones (excluding diaryl/α,β-unsaturated/α-hetero) is 1. The molecule has 5 nitrogen and oxygen atoms in total. The second-order valence-electron chi connectivity index (χ2n) is 3.86. The molecule has 2 rings (SSSR count). The molecule has 5 heteroatoms. The molecule has 0 amide bonds. The maximum Gasteiger partial charge on any atom is 0.238 e. The van der Waals surface area contributed by atoms with Gasteiger partial charge in [0.25, 0.3) is 0 Å². The van der Waals surface area contributed by atoms with E-state index in [1.54, 1.807) is 0 Å². The molecule has 0 N–H and O–H groups in total. The Balaban J connectivity index is 1.94. The van der Waals surface area contributed by atoms with Gasteiger partial charge in [-0.05, 0) is 18.8 Å². The number of carbonyl (C=O) groups excluding carboxylic acids is 1. The van der Waals surface area contributed by atoms with Crippen LogP contribution in [0.4, 0.5) is 0 Å². The van der Waals surface area contributed by atoms with E-state index >= 15 is 0 Å². The van der Waals surface area contributed by atoms with Crippen LogP contribution in [0.25, 0.3) is 0 Å². The summed E-state index contributed by atoms with van der Waals surface area (Å²) in [7, 11) is 0. The lowest BCUT2D eigenvalue weighted by Crippen LogP contribution is -2.19. The maximum atomic E-state index is 10.9. The molecule has 1 unspecified atom stereocenters. The Bertz CT molecular complexity index is 342. The summed E-state index contributed by atoms with van der Waals surface area (Å²) in [6, 6.07) is 0. The Morgan fingerprint density at radius 2 is 2.47 bits per heavy atom. The number of rotatable bonds is 3. The SMILES string of the molecule is CC(=O)c1noc(CC2CCCOC2)n1. The Morgan fingerprint density at radius 1 is 1.60 bits per heavy atom. The van der Waals surface area contributed by atoms with Crippen molar-refractivity contribution >= 4 is 5.78 Å². The minimum absolute atomic E-state index is 0.162. The minimum atomic E-state index is -0.162. The van der Waals surface area contributed by atoms with Crippen LogP contribution in [0.5, 0.6) is 0 Å². The molecule has 1 aliphatic heterocycles. The summed E-state index contributed by atoms with van der Waals surface area (Å²) in [5.74, 6) is 0.987. The topological polar surface area (TPSA) is 65.2 Å². The molecule has 1 atom stereocenters. The predicted octanol–water partition coefficient (Wildman–Crippen LogP) is 1.24. The van der Waals surface area contributed by atoms with E-state index < -0.39 is 0 Å². The first-order valence-electron chi connectivity index (χ1n) is 5.17. The van der Waals surface area contributed by atoms with Crippen molar-refractivity contribution in [2.24, 2.45) is 5.92 Å². The standard InChI is InChI=1S/C10H14N2O3/c1-7(13)10-11-9(15-12-10)5-8-3-2-4-14-6-8/h8H,2-6H2,1H3. The van der Waals surface area contributed by atoms with E-state index in [2.05, 4.69) is 10.1 Å². The molecule has 1 aromatic heterocycles. The lowest BCUT2D eigenvalue weighted by Gasteiger charge is -2.20. The highest BCUT2D eigenvalue weighted by atomic mass is 16.5. The van der Waals surface area contributed by atoms with E-state index in [0.717, 1.165) is 26.1 Å². The van der Waals surface area contributed by atoms with E-state index in [1.165, 1.54) is 6.92 Å². The van der Waals surface area contributed by atoms with Crippen molar-refractivity contribution in [2.75, 3.05) is 13.2 Å². The summed E-state index contributed by atoms with van der Waals surface area (Å²) >= 11 is 0. The summed E-state index contributed by atoms with van der Waals surface area (Å²) in [6.07, 6.45) is 2.91. The van der Waals surface area contributed by atoms with Crippen molar-refractivity contribution in [1.82, 2.24) is 10.1 Å². The number of hydrogen-bond acceptors (Lipinski definition) is 5. The van der Waals surface area contributed by atoms with Gasteiger partial charge in [-0.1, -0.05) is 5.16 Å². The summed E-state index contributed by atoms with van der Waals surface area (Å²) < 4.78 is 10.3. The summed E-state index contributed by atoms with van der Waals surface area (Å²) in [6.45, 7) is 3.02. The van der Waals surface area contributed by atoms with Crippen molar-refractivity contribution in [1.29, 1.82) is 0 Å². The van der Waals surface area contributed by atoms with E-state index in [9.17, 15) is 4.79 Å². The zero-order valence-corrected chi connectivity index (χ0v) is 8.73. The molecule has 0 radical (unpaired) electrons. The van der Waals surface area contributed by atoms with Gasteiger partial charge in [0.1, 0.15) is 0 Å². The Hall–Kier alpha value is -1.23. The maximum absolute atomic E-state index is 10.9. The van der Waals surface area contributed by atoms with Crippen LogP contribution >= 0.6 is 0 Å². The van der Waals surface area contributed by atoms with Gasteiger partial charge in [0.05, 0.1) is 0 Å². The van der Waals surface area contributed by atoms with Crippen molar-refractivity contribution in [2.45, 2.75) is 26.2 Å². The summed E-state index contributed by atoms with van der Waals surface area (Å²) in [5, 5.41) is 3.60. The predicted molar refractivity (Wildman–Crippen MR) is 51.5 cm³/mol. The quantitative estimate of drug-likeness (QED) is 0.702.